The molecule has 0 atom stereocenters. The zero-order chi connectivity index (χ0) is 19.8. The maximum atomic E-state index is 14.5. The number of pyridine rings is 1. The molecule has 2 heterocycles. The van der Waals surface area contributed by atoms with Gasteiger partial charge in [-0.25, -0.2) is 9.18 Å². The lowest BCUT2D eigenvalue weighted by molar-refractivity contribution is -0.144. The summed E-state index contributed by atoms with van der Waals surface area (Å²) < 4.78 is 19.2. The number of carbonyl (C=O) groups excluding carboxylic acids is 3. The Kier molecular flexibility index (Phi) is 4.65. The highest BCUT2D eigenvalue weighted by Gasteiger charge is 2.36. The van der Waals surface area contributed by atoms with Crippen LogP contribution < -0.4 is 5.32 Å². The van der Waals surface area contributed by atoms with E-state index in [0.29, 0.717) is 11.1 Å². The van der Waals surface area contributed by atoms with E-state index in [9.17, 15) is 18.8 Å². The molecule has 0 spiro atoms. The number of esters is 1. The Labute approximate surface area is 155 Å². The predicted molar refractivity (Wildman–Crippen MR) is 94.6 cm³/mol. The second kappa shape index (κ2) is 6.79. The van der Waals surface area contributed by atoms with Crippen molar-refractivity contribution in [3.05, 3.63) is 59.2 Å². The van der Waals surface area contributed by atoms with Crippen LogP contribution in [0.3, 0.4) is 0 Å². The summed E-state index contributed by atoms with van der Waals surface area (Å²) in [6.45, 7) is 2.89. The summed E-state index contributed by atoms with van der Waals surface area (Å²) >= 11 is 0. The molecule has 2 aromatic rings. The van der Waals surface area contributed by atoms with Gasteiger partial charge in [-0.3, -0.25) is 19.5 Å². The number of carbonyl (C=O) groups is 3. The number of ether oxygens (including phenoxy) is 1. The van der Waals surface area contributed by atoms with Crippen molar-refractivity contribution in [1.29, 1.82) is 0 Å². The van der Waals surface area contributed by atoms with E-state index >= 15 is 0 Å². The quantitative estimate of drug-likeness (QED) is 0.641. The van der Waals surface area contributed by atoms with E-state index in [4.69, 9.17) is 0 Å². The van der Waals surface area contributed by atoms with E-state index in [1.165, 1.54) is 13.3 Å². The number of methoxy groups -OCH3 is 1. The molecule has 2 amide bonds. The predicted octanol–water partition coefficient (Wildman–Crippen LogP) is 2.38. The van der Waals surface area contributed by atoms with Crippen LogP contribution in [0.2, 0.25) is 0 Å². The summed E-state index contributed by atoms with van der Waals surface area (Å²) in [6.07, 6.45) is 1.33. The number of aromatic nitrogens is 1. The normalized spacial score (nSPS) is 13.6. The Morgan fingerprint density at radius 1 is 1.22 bits per heavy atom. The van der Waals surface area contributed by atoms with Crippen LogP contribution in [0, 0.1) is 5.82 Å². The highest BCUT2D eigenvalue weighted by molar-refractivity contribution is 6.21. The molecule has 1 aromatic carbocycles. The number of anilines is 1. The minimum absolute atomic E-state index is 0.0501. The highest BCUT2D eigenvalue weighted by Crippen LogP contribution is 2.25. The van der Waals surface area contributed by atoms with Gasteiger partial charge in [0.25, 0.3) is 11.8 Å². The molecule has 27 heavy (non-hydrogen) atoms. The Morgan fingerprint density at radius 3 is 2.33 bits per heavy atom. The second-order valence-electron chi connectivity index (χ2n) is 6.64. The van der Waals surface area contributed by atoms with Crippen molar-refractivity contribution in [3.8, 4) is 0 Å². The van der Waals surface area contributed by atoms with Crippen LogP contribution in [0.1, 0.15) is 40.3 Å². The monoisotopic (exact) mass is 371 g/mol. The van der Waals surface area contributed by atoms with Gasteiger partial charge in [0.1, 0.15) is 11.4 Å². The molecule has 0 aliphatic carbocycles. The van der Waals surface area contributed by atoms with E-state index in [1.807, 2.05) is 0 Å². The Bertz CT molecular complexity index is 907. The van der Waals surface area contributed by atoms with Gasteiger partial charge >= 0.3 is 5.97 Å². The first-order chi connectivity index (χ1) is 12.7. The molecule has 1 N–H and O–H groups in total. The van der Waals surface area contributed by atoms with Gasteiger partial charge in [-0.2, -0.15) is 0 Å². The van der Waals surface area contributed by atoms with Crippen LogP contribution in [-0.2, 0) is 16.1 Å². The Balaban J connectivity index is 1.79. The lowest BCUT2D eigenvalue weighted by Gasteiger charge is -2.24. The molecule has 1 aliphatic heterocycles. The molecule has 3 rings (SSSR count). The third-order valence-electron chi connectivity index (χ3n) is 4.26. The first-order valence-electron chi connectivity index (χ1n) is 8.21. The van der Waals surface area contributed by atoms with Gasteiger partial charge in [0.05, 0.1) is 42.4 Å². The highest BCUT2D eigenvalue weighted by atomic mass is 19.1. The maximum absolute atomic E-state index is 14.5. The third kappa shape index (κ3) is 3.38. The summed E-state index contributed by atoms with van der Waals surface area (Å²) in [7, 11) is 1.26. The number of benzene rings is 1. The third-order valence-corrected chi connectivity index (χ3v) is 4.26. The molecule has 0 unspecified atom stereocenters. The van der Waals surface area contributed by atoms with E-state index in [0.717, 1.165) is 11.0 Å². The van der Waals surface area contributed by atoms with Crippen molar-refractivity contribution in [3.63, 3.8) is 0 Å². The van der Waals surface area contributed by atoms with E-state index in [2.05, 4.69) is 15.0 Å². The summed E-state index contributed by atoms with van der Waals surface area (Å²) in [4.78, 5) is 41.4. The molecule has 0 radical (unpaired) electrons. The van der Waals surface area contributed by atoms with Crippen molar-refractivity contribution in [1.82, 2.24) is 9.88 Å². The lowest BCUT2D eigenvalue weighted by atomic mass is 10.1. The first-order valence-corrected chi connectivity index (χ1v) is 8.21. The fourth-order valence-corrected chi connectivity index (χ4v) is 2.85. The van der Waals surface area contributed by atoms with E-state index in [-0.39, 0.29) is 17.9 Å². The van der Waals surface area contributed by atoms with Crippen molar-refractivity contribution < 1.29 is 23.5 Å². The summed E-state index contributed by atoms with van der Waals surface area (Å²) in [5, 5.41) is 2.84. The minimum Gasteiger partial charge on any atom is -0.467 e. The molecule has 0 bridgehead atoms. The summed E-state index contributed by atoms with van der Waals surface area (Å²) in [5.74, 6) is -2.17. The minimum atomic E-state index is -1.08. The molecule has 8 heteroatoms. The zero-order valence-electron chi connectivity index (χ0n) is 15.1. The number of amides is 2. The molecule has 0 saturated heterocycles. The fraction of sp³-hybridized carbons (Fsp3) is 0.263. The Hall–Kier alpha value is -3.29. The number of hydrogen-bond acceptors (Lipinski definition) is 6. The van der Waals surface area contributed by atoms with Gasteiger partial charge in [0, 0.05) is 6.07 Å². The Morgan fingerprint density at radius 2 is 1.81 bits per heavy atom. The van der Waals surface area contributed by atoms with Crippen molar-refractivity contribution in [2.45, 2.75) is 25.9 Å². The number of halogens is 1. The van der Waals surface area contributed by atoms with Crippen LogP contribution >= 0.6 is 0 Å². The molecule has 140 valence electrons. The average Bonchev–Trinajstić information content (AvgIpc) is 2.88. The van der Waals surface area contributed by atoms with E-state index < -0.39 is 29.1 Å². The molecule has 0 saturated carbocycles. The summed E-state index contributed by atoms with van der Waals surface area (Å²) in [5.41, 5.74) is -0.269. The maximum Gasteiger partial charge on any atom is 0.330 e. The number of rotatable bonds is 5. The van der Waals surface area contributed by atoms with E-state index in [1.54, 1.807) is 38.1 Å². The van der Waals surface area contributed by atoms with Crippen LogP contribution in [-0.4, -0.2) is 40.3 Å². The molecular formula is C19H18FN3O4. The van der Waals surface area contributed by atoms with Crippen LogP contribution in [0.25, 0.3) is 0 Å². The van der Waals surface area contributed by atoms with Gasteiger partial charge in [0.2, 0.25) is 0 Å². The zero-order valence-corrected chi connectivity index (χ0v) is 15.1. The fourth-order valence-electron chi connectivity index (χ4n) is 2.85. The summed E-state index contributed by atoms with van der Waals surface area (Å²) in [6, 6.07) is 7.60. The van der Waals surface area contributed by atoms with Crippen molar-refractivity contribution in [2.24, 2.45) is 0 Å². The molecule has 0 fully saturated rings. The molecule has 1 aromatic heterocycles. The van der Waals surface area contributed by atoms with Crippen LogP contribution in [0.4, 0.5) is 10.1 Å². The van der Waals surface area contributed by atoms with Gasteiger partial charge in [-0.05, 0) is 26.0 Å². The number of nitrogens with zero attached hydrogens (tertiary/aromatic N) is 2. The first kappa shape index (κ1) is 18.5. The largest absolute Gasteiger partial charge is 0.467 e. The van der Waals surface area contributed by atoms with Crippen LogP contribution in [0.5, 0.6) is 0 Å². The topological polar surface area (TPSA) is 88.6 Å². The number of imide groups is 1. The molecule has 7 nitrogen and oxygen atoms in total. The van der Waals surface area contributed by atoms with Gasteiger partial charge < -0.3 is 10.1 Å². The van der Waals surface area contributed by atoms with Gasteiger partial charge in [-0.15, -0.1) is 0 Å². The SMILES string of the molecule is COC(=O)C(C)(C)Nc1cnc(CN2C(=O)c3ccccc3C2=O)c(F)c1. The number of fused-ring (bicyclic) bond motifs is 1. The number of nitrogens with one attached hydrogen (secondary N) is 1. The smallest absolute Gasteiger partial charge is 0.330 e. The lowest BCUT2D eigenvalue weighted by Crippen LogP contribution is -2.41. The van der Waals surface area contributed by atoms with Crippen molar-refractivity contribution >= 4 is 23.5 Å². The second-order valence-corrected chi connectivity index (χ2v) is 6.64. The molecular weight excluding hydrogens is 353 g/mol. The standard InChI is InChI=1S/C19H18FN3O4/c1-19(2,18(26)27-3)22-11-8-14(20)15(21-9-11)10-23-16(24)12-6-4-5-7-13(12)17(23)25/h4-9,22H,10H2,1-3H3. The molecule has 1 aliphatic rings. The average molecular weight is 371 g/mol. The van der Waals surface area contributed by atoms with Gasteiger partial charge in [-0.1, -0.05) is 12.1 Å². The van der Waals surface area contributed by atoms with Gasteiger partial charge in [0.15, 0.2) is 0 Å². The number of hydrogen-bond donors (Lipinski definition) is 1. The van der Waals surface area contributed by atoms with Crippen molar-refractivity contribution in [2.75, 3.05) is 12.4 Å². The van der Waals surface area contributed by atoms with Crippen LogP contribution in [0.15, 0.2) is 36.5 Å².